The van der Waals surface area contributed by atoms with E-state index in [-0.39, 0.29) is 42.2 Å². The van der Waals surface area contributed by atoms with Crippen LogP contribution in [0.2, 0.25) is 0 Å². The third-order valence-corrected chi connectivity index (χ3v) is 5.45. The summed E-state index contributed by atoms with van der Waals surface area (Å²) in [5, 5.41) is 2.89. The van der Waals surface area contributed by atoms with Crippen molar-refractivity contribution in [3.63, 3.8) is 0 Å². The second-order valence-corrected chi connectivity index (χ2v) is 8.16. The van der Waals surface area contributed by atoms with Gasteiger partial charge in [-0.05, 0) is 12.1 Å². The third-order valence-electron chi connectivity index (χ3n) is 4.22. The van der Waals surface area contributed by atoms with Gasteiger partial charge in [-0.15, -0.1) is 0 Å². The molecule has 1 aliphatic rings. The van der Waals surface area contributed by atoms with Crippen LogP contribution in [0.5, 0.6) is 5.75 Å². The fourth-order valence-electron chi connectivity index (χ4n) is 2.67. The highest BCUT2D eigenvalue weighted by Crippen LogP contribution is 2.28. The van der Waals surface area contributed by atoms with Gasteiger partial charge in [-0.3, -0.25) is 4.79 Å². The molecule has 9 nitrogen and oxygen atoms in total. The van der Waals surface area contributed by atoms with Crippen molar-refractivity contribution >= 4 is 27.6 Å². The Labute approximate surface area is 159 Å². The normalized spacial score (nSPS) is 15.1. The molecule has 1 saturated heterocycles. The number of ether oxygens (including phenoxy) is 1. The number of sulfonamides is 1. The highest BCUT2D eigenvalue weighted by molar-refractivity contribution is 7.88. The Morgan fingerprint density at radius 3 is 2.61 bits per heavy atom. The fraction of sp³-hybridized carbons (Fsp3) is 0.312. The summed E-state index contributed by atoms with van der Waals surface area (Å²) in [5.41, 5.74) is 4.96. The molecular weight excluding hydrogens is 396 g/mol. The number of aromatic nitrogens is 2. The Kier molecular flexibility index (Phi) is 5.17. The Morgan fingerprint density at radius 1 is 1.36 bits per heavy atom. The summed E-state index contributed by atoms with van der Waals surface area (Å²) >= 11 is 0. The van der Waals surface area contributed by atoms with Crippen molar-refractivity contribution in [1.29, 1.82) is 0 Å². The number of benzene rings is 1. The van der Waals surface area contributed by atoms with Crippen LogP contribution in [0, 0.1) is 11.6 Å². The summed E-state index contributed by atoms with van der Waals surface area (Å²) in [7, 11) is -2.04. The summed E-state index contributed by atoms with van der Waals surface area (Å²) < 4.78 is 56.6. The lowest BCUT2D eigenvalue weighted by molar-refractivity contribution is 0.103. The molecule has 3 N–H and O–H groups in total. The van der Waals surface area contributed by atoms with Crippen molar-refractivity contribution in [2.75, 3.05) is 37.5 Å². The zero-order chi connectivity index (χ0) is 20.6. The lowest BCUT2D eigenvalue weighted by atomic mass is 10.0. The molecule has 1 aliphatic heterocycles. The number of anilines is 2. The molecular formula is C16H17F2N5O4S. The lowest BCUT2D eigenvalue weighted by Crippen LogP contribution is -2.56. The predicted octanol–water partition coefficient (Wildman–Crippen LogP) is 0.632. The van der Waals surface area contributed by atoms with Gasteiger partial charge in [0, 0.05) is 19.3 Å². The van der Waals surface area contributed by atoms with E-state index >= 15 is 0 Å². The molecule has 150 valence electrons. The van der Waals surface area contributed by atoms with Gasteiger partial charge in [0.15, 0.2) is 11.6 Å². The minimum atomic E-state index is -3.26. The number of nitrogens with zero attached hydrogens (tertiary/aromatic N) is 3. The second-order valence-electron chi connectivity index (χ2n) is 6.18. The molecule has 0 spiro atoms. The summed E-state index contributed by atoms with van der Waals surface area (Å²) in [4.78, 5) is 20.5. The molecule has 0 aliphatic carbocycles. The SMILES string of the molecule is COc1ccc(F)c(F)c1C(=O)c1cnc(NC2CN(S(C)(=O)=O)C2)nc1N. The van der Waals surface area contributed by atoms with Crippen LogP contribution in [-0.4, -0.2) is 61.0 Å². The van der Waals surface area contributed by atoms with Gasteiger partial charge in [-0.1, -0.05) is 0 Å². The summed E-state index contributed by atoms with van der Waals surface area (Å²) in [6.07, 6.45) is 2.20. The van der Waals surface area contributed by atoms with Gasteiger partial charge in [0.25, 0.3) is 0 Å². The molecule has 0 unspecified atom stereocenters. The van der Waals surface area contributed by atoms with Gasteiger partial charge in [-0.25, -0.2) is 22.2 Å². The Balaban J connectivity index is 1.80. The van der Waals surface area contributed by atoms with Crippen LogP contribution in [0.4, 0.5) is 20.5 Å². The number of nitrogens with one attached hydrogen (secondary N) is 1. The first-order chi connectivity index (χ1) is 13.1. The summed E-state index contributed by atoms with van der Waals surface area (Å²) in [5.74, 6) is -3.80. The number of rotatable bonds is 6. The first-order valence-corrected chi connectivity index (χ1v) is 9.87. The summed E-state index contributed by atoms with van der Waals surface area (Å²) in [6.45, 7) is 0.489. The minimum Gasteiger partial charge on any atom is -0.496 e. The molecule has 1 aromatic heterocycles. The molecule has 0 atom stereocenters. The van der Waals surface area contributed by atoms with Crippen LogP contribution in [0.3, 0.4) is 0 Å². The highest BCUT2D eigenvalue weighted by atomic mass is 32.2. The second kappa shape index (κ2) is 7.28. The minimum absolute atomic E-state index is 0.0823. The van der Waals surface area contributed by atoms with Gasteiger partial charge in [0.05, 0.1) is 25.0 Å². The number of ketones is 1. The molecule has 0 radical (unpaired) electrons. The molecule has 2 heterocycles. The van der Waals surface area contributed by atoms with E-state index in [1.165, 1.54) is 11.4 Å². The first kappa shape index (κ1) is 19.9. The topological polar surface area (TPSA) is 128 Å². The van der Waals surface area contributed by atoms with E-state index in [2.05, 4.69) is 15.3 Å². The standard InChI is InChI=1S/C16H17F2N5O4S/c1-27-11-4-3-10(17)13(18)12(11)14(24)9-5-20-16(22-15(9)19)21-8-6-23(7-8)28(2,25)26/h3-5,8H,6-7H2,1-2H3,(H3,19,20,21,22). The average Bonchev–Trinajstić information content (AvgIpc) is 2.58. The molecule has 1 fully saturated rings. The number of nitrogen functional groups attached to an aromatic ring is 1. The van der Waals surface area contributed by atoms with Crippen molar-refractivity contribution in [1.82, 2.24) is 14.3 Å². The number of hydrogen-bond donors (Lipinski definition) is 2. The van der Waals surface area contributed by atoms with Crippen molar-refractivity contribution in [3.05, 3.63) is 41.1 Å². The van der Waals surface area contributed by atoms with Gasteiger partial charge in [0.2, 0.25) is 21.8 Å². The monoisotopic (exact) mass is 413 g/mol. The quantitative estimate of drug-likeness (QED) is 0.660. The van der Waals surface area contributed by atoms with Crippen LogP contribution in [-0.2, 0) is 10.0 Å². The largest absolute Gasteiger partial charge is 0.496 e. The molecule has 0 amide bonds. The Morgan fingerprint density at radius 2 is 2.04 bits per heavy atom. The molecule has 12 heteroatoms. The number of halogens is 2. The van der Waals surface area contributed by atoms with Gasteiger partial charge >= 0.3 is 0 Å². The maximum Gasteiger partial charge on any atom is 0.224 e. The van der Waals surface area contributed by atoms with E-state index in [0.29, 0.717) is 0 Å². The van der Waals surface area contributed by atoms with Crippen LogP contribution in [0.1, 0.15) is 15.9 Å². The van der Waals surface area contributed by atoms with Crippen molar-refractivity contribution in [3.8, 4) is 5.75 Å². The Hall–Kier alpha value is -2.86. The van der Waals surface area contributed by atoms with E-state index in [0.717, 1.165) is 24.6 Å². The smallest absolute Gasteiger partial charge is 0.224 e. The van der Waals surface area contributed by atoms with E-state index in [4.69, 9.17) is 10.5 Å². The molecule has 28 heavy (non-hydrogen) atoms. The number of nitrogens with two attached hydrogens (primary N) is 1. The van der Waals surface area contributed by atoms with Crippen molar-refractivity contribution in [2.45, 2.75) is 6.04 Å². The van der Waals surface area contributed by atoms with Crippen LogP contribution < -0.4 is 15.8 Å². The number of hydrogen-bond acceptors (Lipinski definition) is 8. The zero-order valence-electron chi connectivity index (χ0n) is 14.9. The van der Waals surface area contributed by atoms with E-state index in [1.54, 1.807) is 0 Å². The van der Waals surface area contributed by atoms with E-state index < -0.39 is 33.0 Å². The molecule has 0 saturated carbocycles. The molecule has 1 aromatic carbocycles. The molecule has 3 rings (SSSR count). The zero-order valence-corrected chi connectivity index (χ0v) is 15.8. The van der Waals surface area contributed by atoms with Gasteiger partial charge in [-0.2, -0.15) is 9.29 Å². The number of carbonyl (C=O) groups excluding carboxylic acids is 1. The van der Waals surface area contributed by atoms with Crippen molar-refractivity contribution in [2.24, 2.45) is 0 Å². The van der Waals surface area contributed by atoms with Crippen LogP contribution in [0.25, 0.3) is 0 Å². The Bertz CT molecular complexity index is 1040. The predicted molar refractivity (Wildman–Crippen MR) is 96.6 cm³/mol. The van der Waals surface area contributed by atoms with Crippen LogP contribution >= 0.6 is 0 Å². The van der Waals surface area contributed by atoms with E-state index in [1.807, 2.05) is 0 Å². The summed E-state index contributed by atoms with van der Waals surface area (Å²) in [6, 6.07) is 1.76. The van der Waals surface area contributed by atoms with Gasteiger partial charge in [0.1, 0.15) is 17.1 Å². The highest BCUT2D eigenvalue weighted by Gasteiger charge is 2.33. The molecule has 2 aromatic rings. The van der Waals surface area contributed by atoms with E-state index in [9.17, 15) is 22.0 Å². The van der Waals surface area contributed by atoms with Crippen LogP contribution in [0.15, 0.2) is 18.3 Å². The third kappa shape index (κ3) is 3.73. The van der Waals surface area contributed by atoms with Crippen molar-refractivity contribution < 1.29 is 26.7 Å². The first-order valence-electron chi connectivity index (χ1n) is 8.02. The average molecular weight is 413 g/mol. The maximum absolute atomic E-state index is 14.1. The molecule has 0 bridgehead atoms. The fourth-order valence-corrected chi connectivity index (χ4v) is 3.57. The van der Waals surface area contributed by atoms with Gasteiger partial charge < -0.3 is 15.8 Å². The number of methoxy groups -OCH3 is 1. The maximum atomic E-state index is 14.1. The number of carbonyl (C=O) groups is 1. The lowest BCUT2D eigenvalue weighted by Gasteiger charge is -2.37.